The van der Waals surface area contributed by atoms with Crippen LogP contribution in [0, 0.1) is 13.8 Å². The van der Waals surface area contributed by atoms with Crippen molar-refractivity contribution in [1.29, 1.82) is 0 Å². The van der Waals surface area contributed by atoms with Crippen LogP contribution in [-0.2, 0) is 10.5 Å². The Hall–Kier alpha value is -1.00. The van der Waals surface area contributed by atoms with Gasteiger partial charge in [0.15, 0.2) is 0 Å². The maximum Gasteiger partial charge on any atom is 0.238 e. The molecule has 1 aromatic carbocycles. The molecule has 3 N–H and O–H groups in total. The Kier molecular flexibility index (Phi) is 5.88. The van der Waals surface area contributed by atoms with Crippen molar-refractivity contribution in [1.82, 2.24) is 5.32 Å². The average Bonchev–Trinajstić information content (AvgIpc) is 2.27. The maximum atomic E-state index is 11.5. The van der Waals surface area contributed by atoms with Gasteiger partial charge in [0.05, 0.1) is 0 Å². The predicted octanol–water partition coefficient (Wildman–Crippen LogP) is 2.39. The number of hydrogen-bond acceptors (Lipinski definition) is 3. The van der Waals surface area contributed by atoms with Gasteiger partial charge in [0.25, 0.3) is 0 Å². The van der Waals surface area contributed by atoms with Crippen molar-refractivity contribution >= 4 is 17.7 Å². The first-order valence-corrected chi connectivity index (χ1v) is 7.72. The molecule has 3 nitrogen and oxygen atoms in total. The van der Waals surface area contributed by atoms with Crippen molar-refractivity contribution in [3.63, 3.8) is 0 Å². The fourth-order valence-corrected chi connectivity index (χ4v) is 3.28. The fourth-order valence-electron chi connectivity index (χ4n) is 2.12. The van der Waals surface area contributed by atoms with E-state index in [2.05, 4.69) is 37.4 Å². The Bertz CT molecular complexity index is 428. The van der Waals surface area contributed by atoms with Gasteiger partial charge in [-0.25, -0.2) is 0 Å². The minimum Gasteiger partial charge on any atom is -0.368 e. The van der Waals surface area contributed by atoms with Crippen molar-refractivity contribution in [3.8, 4) is 0 Å². The molecule has 0 bridgehead atoms. The lowest BCUT2D eigenvalue weighted by Crippen LogP contribution is -2.55. The zero-order chi connectivity index (χ0) is 14.5. The molecule has 0 aliphatic heterocycles. The normalized spacial score (nSPS) is 14.1. The first-order chi connectivity index (χ1) is 8.87. The molecule has 0 fully saturated rings. The third kappa shape index (κ3) is 4.88. The second kappa shape index (κ2) is 6.96. The highest BCUT2D eigenvalue weighted by Gasteiger charge is 2.29. The van der Waals surface area contributed by atoms with Crippen molar-refractivity contribution in [2.24, 2.45) is 5.73 Å². The smallest absolute Gasteiger partial charge is 0.238 e. The van der Waals surface area contributed by atoms with Crippen LogP contribution in [0.5, 0.6) is 0 Å². The summed E-state index contributed by atoms with van der Waals surface area (Å²) in [6, 6.07) is 6.55. The highest BCUT2D eigenvalue weighted by Crippen LogP contribution is 2.20. The lowest BCUT2D eigenvalue weighted by molar-refractivity contribution is -0.122. The van der Waals surface area contributed by atoms with Gasteiger partial charge in [-0.15, -0.1) is 0 Å². The van der Waals surface area contributed by atoms with E-state index in [4.69, 9.17) is 5.73 Å². The average molecular weight is 280 g/mol. The van der Waals surface area contributed by atoms with Crippen LogP contribution in [0.3, 0.4) is 0 Å². The van der Waals surface area contributed by atoms with E-state index in [9.17, 15) is 4.79 Å². The van der Waals surface area contributed by atoms with Gasteiger partial charge in [-0.1, -0.05) is 36.2 Å². The zero-order valence-corrected chi connectivity index (χ0v) is 13.1. The molecule has 106 valence electrons. The third-order valence-corrected chi connectivity index (χ3v) is 4.37. The van der Waals surface area contributed by atoms with Gasteiger partial charge in [0.1, 0.15) is 5.54 Å². The van der Waals surface area contributed by atoms with Crippen LogP contribution < -0.4 is 11.1 Å². The Morgan fingerprint density at radius 2 is 1.89 bits per heavy atom. The van der Waals surface area contributed by atoms with Crippen LogP contribution in [0.2, 0.25) is 0 Å². The van der Waals surface area contributed by atoms with Gasteiger partial charge >= 0.3 is 0 Å². The third-order valence-electron chi connectivity index (χ3n) is 3.05. The Morgan fingerprint density at radius 1 is 1.32 bits per heavy atom. The first-order valence-electron chi connectivity index (χ1n) is 6.57. The Morgan fingerprint density at radius 3 is 2.37 bits per heavy atom. The topological polar surface area (TPSA) is 55.1 Å². The Labute approximate surface area is 120 Å². The summed E-state index contributed by atoms with van der Waals surface area (Å²) in [5.41, 5.74) is 8.70. The lowest BCUT2D eigenvalue weighted by atomic mass is 10.1. The summed E-state index contributed by atoms with van der Waals surface area (Å²) in [5.74, 6) is 1.29. The van der Waals surface area contributed by atoms with E-state index < -0.39 is 5.54 Å². The number of likely N-dealkylation sites (N-methyl/N-ethyl adjacent to an activating group) is 1. The van der Waals surface area contributed by atoms with Gasteiger partial charge in [-0.05, 0) is 32.9 Å². The summed E-state index contributed by atoms with van der Waals surface area (Å²) < 4.78 is 0. The van der Waals surface area contributed by atoms with Gasteiger partial charge in [-0.3, -0.25) is 4.79 Å². The van der Waals surface area contributed by atoms with E-state index in [1.165, 1.54) is 16.7 Å². The second-order valence-corrected chi connectivity index (χ2v) is 6.20. The lowest BCUT2D eigenvalue weighted by Gasteiger charge is -2.26. The molecule has 19 heavy (non-hydrogen) atoms. The van der Waals surface area contributed by atoms with Crippen LogP contribution in [0.4, 0.5) is 0 Å². The van der Waals surface area contributed by atoms with Crippen molar-refractivity contribution in [3.05, 3.63) is 34.9 Å². The molecule has 1 rings (SSSR count). The molecule has 0 aliphatic carbocycles. The molecule has 0 radical (unpaired) electrons. The fraction of sp³-hybridized carbons (Fsp3) is 0.533. The number of aryl methyl sites for hydroxylation is 2. The SMILES string of the molecule is CCNC(C)(CSCc1cc(C)cc(C)c1)C(N)=O. The van der Waals surface area contributed by atoms with Crippen LogP contribution in [0.15, 0.2) is 18.2 Å². The molecule has 1 aromatic rings. The molecule has 1 unspecified atom stereocenters. The predicted molar refractivity (Wildman–Crippen MR) is 83.4 cm³/mol. The zero-order valence-electron chi connectivity index (χ0n) is 12.2. The van der Waals surface area contributed by atoms with E-state index in [1.807, 2.05) is 13.8 Å². The second-order valence-electron chi connectivity index (χ2n) is 5.22. The summed E-state index contributed by atoms with van der Waals surface area (Å²) in [7, 11) is 0. The number of nitrogens with one attached hydrogen (secondary N) is 1. The van der Waals surface area contributed by atoms with Gasteiger partial charge in [0.2, 0.25) is 5.91 Å². The summed E-state index contributed by atoms with van der Waals surface area (Å²) in [6.07, 6.45) is 0. The molecular weight excluding hydrogens is 256 g/mol. The Balaban J connectivity index is 2.59. The van der Waals surface area contributed by atoms with Crippen LogP contribution in [0.1, 0.15) is 30.5 Å². The largest absolute Gasteiger partial charge is 0.368 e. The molecule has 0 heterocycles. The molecule has 4 heteroatoms. The van der Waals surface area contributed by atoms with Gasteiger partial charge in [-0.2, -0.15) is 11.8 Å². The minimum absolute atomic E-state index is 0.290. The maximum absolute atomic E-state index is 11.5. The number of carbonyl (C=O) groups is 1. The monoisotopic (exact) mass is 280 g/mol. The number of amides is 1. The number of nitrogens with two attached hydrogens (primary N) is 1. The molecule has 1 amide bonds. The number of benzene rings is 1. The molecule has 0 saturated heterocycles. The van der Waals surface area contributed by atoms with E-state index >= 15 is 0 Å². The summed E-state index contributed by atoms with van der Waals surface area (Å²) >= 11 is 1.74. The number of carbonyl (C=O) groups excluding carboxylic acids is 1. The van der Waals surface area contributed by atoms with Gasteiger partial charge < -0.3 is 11.1 Å². The number of rotatable bonds is 7. The number of thioether (sulfide) groups is 1. The van der Waals surface area contributed by atoms with Crippen molar-refractivity contribution in [2.45, 2.75) is 39.0 Å². The number of hydrogen-bond donors (Lipinski definition) is 2. The molecule has 1 atom stereocenters. The van der Waals surface area contributed by atoms with Crippen LogP contribution >= 0.6 is 11.8 Å². The number of primary amides is 1. The van der Waals surface area contributed by atoms with Gasteiger partial charge in [0, 0.05) is 11.5 Å². The van der Waals surface area contributed by atoms with Crippen molar-refractivity contribution < 1.29 is 4.79 Å². The highest BCUT2D eigenvalue weighted by atomic mass is 32.2. The van der Waals surface area contributed by atoms with Crippen molar-refractivity contribution in [2.75, 3.05) is 12.3 Å². The molecule has 0 aromatic heterocycles. The quantitative estimate of drug-likeness (QED) is 0.806. The van der Waals surface area contributed by atoms with E-state index in [1.54, 1.807) is 11.8 Å². The standard InChI is InChI=1S/C15H24N2OS/c1-5-17-15(4,14(16)18)10-19-9-13-7-11(2)6-12(3)8-13/h6-8,17H,5,9-10H2,1-4H3,(H2,16,18). The van der Waals surface area contributed by atoms with Crippen LogP contribution in [-0.4, -0.2) is 23.7 Å². The van der Waals surface area contributed by atoms with Crippen LogP contribution in [0.25, 0.3) is 0 Å². The minimum atomic E-state index is -0.627. The first kappa shape index (κ1) is 16.1. The molecule has 0 aliphatic rings. The summed E-state index contributed by atoms with van der Waals surface area (Å²) in [6.45, 7) is 8.80. The molecule has 0 spiro atoms. The van der Waals surface area contributed by atoms with E-state index in [0.29, 0.717) is 5.75 Å². The summed E-state index contributed by atoms with van der Waals surface area (Å²) in [5, 5.41) is 3.17. The molecular formula is C15H24N2OS. The summed E-state index contributed by atoms with van der Waals surface area (Å²) in [4.78, 5) is 11.5. The molecule has 0 saturated carbocycles. The van der Waals surface area contributed by atoms with E-state index in [0.717, 1.165) is 12.3 Å². The van der Waals surface area contributed by atoms with E-state index in [-0.39, 0.29) is 5.91 Å². The highest BCUT2D eigenvalue weighted by molar-refractivity contribution is 7.98.